The summed E-state index contributed by atoms with van der Waals surface area (Å²) in [5, 5.41) is 0. The van der Waals surface area contributed by atoms with Crippen molar-refractivity contribution in [2.45, 2.75) is 45.6 Å². The molecule has 0 bridgehead atoms. The quantitative estimate of drug-likeness (QED) is 0.838. The summed E-state index contributed by atoms with van der Waals surface area (Å²) in [4.78, 5) is 9.28. The Morgan fingerprint density at radius 2 is 1.89 bits per heavy atom. The highest BCUT2D eigenvalue weighted by Gasteiger charge is 2.34. The van der Waals surface area contributed by atoms with Crippen LogP contribution in [-0.2, 0) is 11.2 Å². The number of nitrogens with two attached hydrogens (primary N) is 1. The van der Waals surface area contributed by atoms with Crippen LogP contribution in [0.1, 0.15) is 48.1 Å². The highest BCUT2D eigenvalue weighted by atomic mass is 16.5. The number of aryl methyl sites for hydroxylation is 2. The van der Waals surface area contributed by atoms with Gasteiger partial charge in [-0.2, -0.15) is 0 Å². The topological polar surface area (TPSA) is 61.0 Å². The van der Waals surface area contributed by atoms with Crippen LogP contribution in [0.3, 0.4) is 0 Å². The van der Waals surface area contributed by atoms with Crippen LogP contribution >= 0.6 is 0 Å². The first kappa shape index (κ1) is 13.4. The van der Waals surface area contributed by atoms with E-state index in [0.717, 1.165) is 30.1 Å². The minimum Gasteiger partial charge on any atom is -0.373 e. The lowest BCUT2D eigenvalue weighted by Gasteiger charge is -2.16. The Bertz CT molecular complexity index is 392. The molecular formula is C14H23N3O. The van der Waals surface area contributed by atoms with Crippen LogP contribution < -0.4 is 5.73 Å². The Morgan fingerprint density at radius 3 is 2.33 bits per heavy atom. The lowest BCUT2D eigenvalue weighted by molar-refractivity contribution is 0.0768. The van der Waals surface area contributed by atoms with Gasteiger partial charge in [0.25, 0.3) is 0 Å². The predicted molar refractivity (Wildman–Crippen MR) is 71.4 cm³/mol. The van der Waals surface area contributed by atoms with Crippen molar-refractivity contribution < 1.29 is 4.74 Å². The molecule has 0 aliphatic heterocycles. The van der Waals surface area contributed by atoms with E-state index in [4.69, 9.17) is 10.5 Å². The Morgan fingerprint density at radius 1 is 1.28 bits per heavy atom. The lowest BCUT2D eigenvalue weighted by atomic mass is 10.1. The first-order valence-corrected chi connectivity index (χ1v) is 6.74. The molecule has 0 radical (unpaired) electrons. The van der Waals surface area contributed by atoms with Gasteiger partial charge in [-0.3, -0.25) is 0 Å². The highest BCUT2D eigenvalue weighted by Crippen LogP contribution is 2.42. The molecule has 0 saturated heterocycles. The zero-order valence-electron chi connectivity index (χ0n) is 11.6. The van der Waals surface area contributed by atoms with Crippen LogP contribution in [-0.4, -0.2) is 23.6 Å². The van der Waals surface area contributed by atoms with Crippen molar-refractivity contribution in [3.05, 3.63) is 22.8 Å². The molecule has 0 amide bonds. The van der Waals surface area contributed by atoms with Crippen LogP contribution in [0, 0.1) is 19.8 Å². The summed E-state index contributed by atoms with van der Waals surface area (Å²) in [6.45, 7) is 4.83. The van der Waals surface area contributed by atoms with E-state index < -0.39 is 0 Å². The standard InChI is InChI=1S/C14H23N3O/c1-9-12(5-4-8-15)10(2)17-14(16-9)13(18-3)11-6-7-11/h11,13H,4-8,15H2,1-3H3. The molecule has 1 fully saturated rings. The van der Waals surface area contributed by atoms with Crippen molar-refractivity contribution in [2.24, 2.45) is 11.7 Å². The molecule has 1 heterocycles. The second-order valence-electron chi connectivity index (χ2n) is 5.12. The third kappa shape index (κ3) is 2.87. The number of nitrogens with zero attached hydrogens (tertiary/aromatic N) is 2. The van der Waals surface area contributed by atoms with Crippen molar-refractivity contribution in [3.8, 4) is 0 Å². The van der Waals surface area contributed by atoms with E-state index in [1.165, 1.54) is 18.4 Å². The van der Waals surface area contributed by atoms with Crippen LogP contribution in [0.15, 0.2) is 0 Å². The maximum absolute atomic E-state index is 5.56. The predicted octanol–water partition coefficient (Wildman–Crippen LogP) is 2.08. The van der Waals surface area contributed by atoms with Gasteiger partial charge in [-0.1, -0.05) is 0 Å². The summed E-state index contributed by atoms with van der Waals surface area (Å²) < 4.78 is 5.55. The fraction of sp³-hybridized carbons (Fsp3) is 0.714. The van der Waals surface area contributed by atoms with Gasteiger partial charge in [0.1, 0.15) is 6.10 Å². The summed E-state index contributed by atoms with van der Waals surface area (Å²) in [7, 11) is 1.75. The normalized spacial score (nSPS) is 16.9. The number of aromatic nitrogens is 2. The van der Waals surface area contributed by atoms with Gasteiger partial charge in [-0.05, 0) is 57.6 Å². The van der Waals surface area contributed by atoms with Gasteiger partial charge in [-0.25, -0.2) is 9.97 Å². The molecule has 100 valence electrons. The summed E-state index contributed by atoms with van der Waals surface area (Å²) >= 11 is 0. The van der Waals surface area contributed by atoms with E-state index in [-0.39, 0.29) is 6.10 Å². The van der Waals surface area contributed by atoms with Gasteiger partial charge in [-0.15, -0.1) is 0 Å². The van der Waals surface area contributed by atoms with Gasteiger partial charge in [0.05, 0.1) is 0 Å². The van der Waals surface area contributed by atoms with Gasteiger partial charge in [0.2, 0.25) is 0 Å². The maximum atomic E-state index is 5.56. The van der Waals surface area contributed by atoms with Crippen molar-refractivity contribution in [1.29, 1.82) is 0 Å². The first-order valence-electron chi connectivity index (χ1n) is 6.74. The fourth-order valence-electron chi connectivity index (χ4n) is 2.44. The molecule has 1 aliphatic carbocycles. The Balaban J connectivity index is 2.23. The van der Waals surface area contributed by atoms with Crippen molar-refractivity contribution in [2.75, 3.05) is 13.7 Å². The third-order valence-electron chi connectivity index (χ3n) is 3.63. The molecule has 1 aromatic heterocycles. The molecular weight excluding hydrogens is 226 g/mol. The molecule has 1 saturated carbocycles. The highest BCUT2D eigenvalue weighted by molar-refractivity contribution is 5.25. The monoisotopic (exact) mass is 249 g/mol. The van der Waals surface area contributed by atoms with E-state index >= 15 is 0 Å². The van der Waals surface area contributed by atoms with Crippen LogP contribution in [0.5, 0.6) is 0 Å². The minimum atomic E-state index is 0.0750. The molecule has 1 atom stereocenters. The van der Waals surface area contributed by atoms with Crippen molar-refractivity contribution in [1.82, 2.24) is 9.97 Å². The molecule has 2 rings (SSSR count). The SMILES string of the molecule is COC(c1nc(C)c(CCCN)c(C)n1)C1CC1. The Kier molecular flexibility index (Phi) is 4.30. The number of hydrogen-bond acceptors (Lipinski definition) is 4. The number of methoxy groups -OCH3 is 1. The number of hydrogen-bond donors (Lipinski definition) is 1. The maximum Gasteiger partial charge on any atom is 0.157 e. The molecule has 1 aliphatic rings. The first-order chi connectivity index (χ1) is 8.67. The van der Waals surface area contributed by atoms with E-state index in [0.29, 0.717) is 12.5 Å². The molecule has 18 heavy (non-hydrogen) atoms. The molecule has 4 nitrogen and oxygen atoms in total. The third-order valence-corrected chi connectivity index (χ3v) is 3.63. The van der Waals surface area contributed by atoms with Crippen LogP contribution in [0.4, 0.5) is 0 Å². The molecule has 1 unspecified atom stereocenters. The fourth-order valence-corrected chi connectivity index (χ4v) is 2.44. The lowest BCUT2D eigenvalue weighted by Crippen LogP contribution is -2.13. The smallest absolute Gasteiger partial charge is 0.157 e. The number of ether oxygens (including phenoxy) is 1. The van der Waals surface area contributed by atoms with Gasteiger partial charge in [0, 0.05) is 18.5 Å². The summed E-state index contributed by atoms with van der Waals surface area (Å²) in [5.41, 5.74) is 8.96. The Hall–Kier alpha value is -1.00. The Labute approximate surface area is 109 Å². The average Bonchev–Trinajstić information content (AvgIpc) is 3.13. The zero-order valence-corrected chi connectivity index (χ0v) is 11.6. The van der Waals surface area contributed by atoms with E-state index in [1.807, 2.05) is 0 Å². The second kappa shape index (κ2) is 5.76. The van der Waals surface area contributed by atoms with Crippen LogP contribution in [0.2, 0.25) is 0 Å². The summed E-state index contributed by atoms with van der Waals surface area (Å²) in [6.07, 6.45) is 4.49. The zero-order chi connectivity index (χ0) is 13.1. The average molecular weight is 249 g/mol. The van der Waals surface area contributed by atoms with E-state index in [1.54, 1.807) is 7.11 Å². The van der Waals surface area contributed by atoms with Gasteiger partial charge in [0.15, 0.2) is 5.82 Å². The largest absolute Gasteiger partial charge is 0.373 e. The van der Waals surface area contributed by atoms with Crippen molar-refractivity contribution >= 4 is 0 Å². The summed E-state index contributed by atoms with van der Waals surface area (Å²) in [5.74, 6) is 1.47. The molecule has 1 aromatic rings. The molecule has 4 heteroatoms. The van der Waals surface area contributed by atoms with Crippen LogP contribution in [0.25, 0.3) is 0 Å². The molecule has 0 aromatic carbocycles. The van der Waals surface area contributed by atoms with E-state index in [9.17, 15) is 0 Å². The van der Waals surface area contributed by atoms with Crippen molar-refractivity contribution in [3.63, 3.8) is 0 Å². The number of rotatable bonds is 6. The molecule has 0 spiro atoms. The minimum absolute atomic E-state index is 0.0750. The van der Waals surface area contributed by atoms with E-state index in [2.05, 4.69) is 23.8 Å². The molecule has 2 N–H and O–H groups in total. The van der Waals surface area contributed by atoms with Gasteiger partial charge >= 0.3 is 0 Å². The summed E-state index contributed by atoms with van der Waals surface area (Å²) in [6, 6.07) is 0. The van der Waals surface area contributed by atoms with Gasteiger partial charge < -0.3 is 10.5 Å². The second-order valence-corrected chi connectivity index (χ2v) is 5.12.